The zero-order valence-corrected chi connectivity index (χ0v) is 14.8. The average Bonchev–Trinajstić information content (AvgIpc) is 3.37. The molecular formula is C18H15F2N7O. The lowest BCUT2D eigenvalue weighted by Crippen LogP contribution is -2.08. The number of alkyl halides is 2. The lowest BCUT2D eigenvalue weighted by atomic mass is 10.2. The number of hydrogen-bond donors (Lipinski definition) is 1. The van der Waals surface area contributed by atoms with Crippen LogP contribution in [0.2, 0.25) is 0 Å². The second kappa shape index (κ2) is 7.51. The Labute approximate surface area is 158 Å². The van der Waals surface area contributed by atoms with E-state index in [4.69, 9.17) is 4.74 Å². The highest BCUT2D eigenvalue weighted by Crippen LogP contribution is 2.21. The van der Waals surface area contributed by atoms with Crippen LogP contribution in [0.1, 0.15) is 23.4 Å². The van der Waals surface area contributed by atoms with Gasteiger partial charge in [-0.15, -0.1) is 15.3 Å². The van der Waals surface area contributed by atoms with Gasteiger partial charge in [0.25, 0.3) is 6.43 Å². The van der Waals surface area contributed by atoms with E-state index in [1.165, 1.54) is 12.1 Å². The van der Waals surface area contributed by atoms with E-state index in [1.54, 1.807) is 48.1 Å². The Morgan fingerprint density at radius 3 is 2.50 bits per heavy atom. The largest absolute Gasteiger partial charge is 0.470 e. The fourth-order valence-corrected chi connectivity index (χ4v) is 2.59. The average molecular weight is 383 g/mol. The molecule has 0 aliphatic heterocycles. The minimum absolute atomic E-state index is 0.0500. The minimum atomic E-state index is -2.52. The Kier molecular flexibility index (Phi) is 4.75. The van der Waals surface area contributed by atoms with Gasteiger partial charge < -0.3 is 4.74 Å². The zero-order valence-electron chi connectivity index (χ0n) is 14.8. The quantitative estimate of drug-likeness (QED) is 0.549. The van der Waals surface area contributed by atoms with Crippen LogP contribution in [0.25, 0.3) is 17.1 Å². The number of hydrogen-bond acceptors (Lipinski definition) is 6. The van der Waals surface area contributed by atoms with Gasteiger partial charge in [-0.05, 0) is 31.2 Å². The van der Waals surface area contributed by atoms with Crippen LogP contribution < -0.4 is 4.74 Å². The standard InChI is InChI=1S/C18H15F2N7O/c1-11-16(27(26-22-11)13-4-2-12(3-5-13)18(19)20)10-28-17-7-6-14(24-25-17)15-8-9-21-23-15/h2-9,18H,10H2,1H3,(H,21,23). The summed E-state index contributed by atoms with van der Waals surface area (Å²) in [6.45, 7) is 1.94. The minimum Gasteiger partial charge on any atom is -0.470 e. The van der Waals surface area contributed by atoms with E-state index >= 15 is 0 Å². The lowest BCUT2D eigenvalue weighted by molar-refractivity contribution is 0.151. The molecule has 142 valence electrons. The summed E-state index contributed by atoms with van der Waals surface area (Å²) in [5.74, 6) is 0.337. The van der Waals surface area contributed by atoms with Gasteiger partial charge in [0.1, 0.15) is 18.0 Å². The molecular weight excluding hydrogens is 368 g/mol. The van der Waals surface area contributed by atoms with E-state index in [0.29, 0.717) is 28.6 Å². The van der Waals surface area contributed by atoms with Crippen molar-refractivity contribution in [3.8, 4) is 23.0 Å². The summed E-state index contributed by atoms with van der Waals surface area (Å²) in [7, 11) is 0. The number of rotatable bonds is 6. The van der Waals surface area contributed by atoms with E-state index < -0.39 is 6.43 Å². The van der Waals surface area contributed by atoms with Crippen LogP contribution >= 0.6 is 0 Å². The van der Waals surface area contributed by atoms with Crippen molar-refractivity contribution in [1.29, 1.82) is 0 Å². The lowest BCUT2D eigenvalue weighted by Gasteiger charge is -2.09. The van der Waals surface area contributed by atoms with Crippen molar-refractivity contribution < 1.29 is 13.5 Å². The Morgan fingerprint density at radius 1 is 1.04 bits per heavy atom. The molecule has 0 aliphatic rings. The first-order chi connectivity index (χ1) is 13.6. The molecule has 28 heavy (non-hydrogen) atoms. The third-order valence-corrected chi connectivity index (χ3v) is 4.12. The molecule has 4 rings (SSSR count). The maximum atomic E-state index is 12.7. The van der Waals surface area contributed by atoms with Crippen LogP contribution in [0.3, 0.4) is 0 Å². The van der Waals surface area contributed by atoms with Gasteiger partial charge in [-0.2, -0.15) is 5.10 Å². The normalized spacial score (nSPS) is 11.1. The summed E-state index contributed by atoms with van der Waals surface area (Å²) in [5.41, 5.74) is 3.32. The number of aromatic amines is 1. The molecule has 1 N–H and O–H groups in total. The van der Waals surface area contributed by atoms with Gasteiger partial charge in [0.2, 0.25) is 5.88 Å². The molecule has 0 aliphatic carbocycles. The van der Waals surface area contributed by atoms with Crippen molar-refractivity contribution in [1.82, 2.24) is 35.4 Å². The third kappa shape index (κ3) is 3.56. The van der Waals surface area contributed by atoms with Crippen LogP contribution in [0, 0.1) is 6.92 Å². The molecule has 0 saturated carbocycles. The van der Waals surface area contributed by atoms with E-state index in [-0.39, 0.29) is 12.2 Å². The van der Waals surface area contributed by atoms with Gasteiger partial charge in [0.15, 0.2) is 0 Å². The second-order valence-electron chi connectivity index (χ2n) is 5.94. The molecule has 3 heterocycles. The highest BCUT2D eigenvalue weighted by atomic mass is 19.3. The molecule has 0 bridgehead atoms. The molecule has 0 unspecified atom stereocenters. The summed E-state index contributed by atoms with van der Waals surface area (Å²) in [6.07, 6.45) is -0.885. The van der Waals surface area contributed by atoms with Crippen LogP contribution in [-0.4, -0.2) is 35.4 Å². The number of benzene rings is 1. The fraction of sp³-hybridized carbons (Fsp3) is 0.167. The number of aryl methyl sites for hydroxylation is 1. The first-order valence-electron chi connectivity index (χ1n) is 8.38. The van der Waals surface area contributed by atoms with Gasteiger partial charge >= 0.3 is 0 Å². The van der Waals surface area contributed by atoms with E-state index in [0.717, 1.165) is 5.69 Å². The first-order valence-corrected chi connectivity index (χ1v) is 8.38. The van der Waals surface area contributed by atoms with Gasteiger partial charge in [0.05, 0.1) is 17.1 Å². The number of ether oxygens (including phenoxy) is 1. The number of nitrogens with one attached hydrogen (secondary N) is 1. The van der Waals surface area contributed by atoms with Crippen LogP contribution in [0.5, 0.6) is 5.88 Å². The Balaban J connectivity index is 1.50. The fourth-order valence-electron chi connectivity index (χ4n) is 2.59. The topological polar surface area (TPSA) is 94.4 Å². The third-order valence-electron chi connectivity index (χ3n) is 4.12. The monoisotopic (exact) mass is 383 g/mol. The smallest absolute Gasteiger partial charge is 0.263 e. The molecule has 0 atom stereocenters. The van der Waals surface area contributed by atoms with Crippen LogP contribution in [0.15, 0.2) is 48.7 Å². The van der Waals surface area contributed by atoms with Crippen molar-refractivity contribution in [2.24, 2.45) is 0 Å². The highest BCUT2D eigenvalue weighted by molar-refractivity contribution is 5.52. The molecule has 0 spiro atoms. The van der Waals surface area contributed by atoms with Gasteiger partial charge in [-0.1, -0.05) is 17.3 Å². The highest BCUT2D eigenvalue weighted by Gasteiger charge is 2.14. The molecule has 0 amide bonds. The maximum Gasteiger partial charge on any atom is 0.263 e. The summed E-state index contributed by atoms with van der Waals surface area (Å²) in [4.78, 5) is 0. The van der Waals surface area contributed by atoms with Crippen molar-refractivity contribution in [2.45, 2.75) is 20.0 Å². The SMILES string of the molecule is Cc1nnn(-c2ccc(C(F)F)cc2)c1COc1ccc(-c2ccn[nH]2)nn1. The Hall–Kier alpha value is -3.69. The van der Waals surface area contributed by atoms with Crippen molar-refractivity contribution in [3.05, 3.63) is 65.6 Å². The molecule has 0 fully saturated rings. The first kappa shape index (κ1) is 17.7. The van der Waals surface area contributed by atoms with Crippen LogP contribution in [-0.2, 0) is 6.61 Å². The number of halogens is 2. The van der Waals surface area contributed by atoms with E-state index in [1.807, 2.05) is 0 Å². The van der Waals surface area contributed by atoms with E-state index in [9.17, 15) is 8.78 Å². The van der Waals surface area contributed by atoms with Gasteiger partial charge in [0, 0.05) is 17.8 Å². The molecule has 8 nitrogen and oxygen atoms in total. The molecule has 0 radical (unpaired) electrons. The Bertz CT molecular complexity index is 1040. The maximum absolute atomic E-state index is 12.7. The number of nitrogens with zero attached hydrogens (tertiary/aromatic N) is 6. The Morgan fingerprint density at radius 2 is 1.86 bits per heavy atom. The molecule has 4 aromatic rings. The number of aromatic nitrogens is 7. The van der Waals surface area contributed by atoms with E-state index in [2.05, 4.69) is 30.7 Å². The predicted molar refractivity (Wildman–Crippen MR) is 95.0 cm³/mol. The van der Waals surface area contributed by atoms with Crippen molar-refractivity contribution in [3.63, 3.8) is 0 Å². The summed E-state index contributed by atoms with van der Waals surface area (Å²) < 4.78 is 32.7. The number of H-pyrrole nitrogens is 1. The zero-order chi connectivity index (χ0) is 19.5. The summed E-state index contributed by atoms with van der Waals surface area (Å²) in [5, 5.41) is 22.9. The van der Waals surface area contributed by atoms with Gasteiger partial charge in [-0.3, -0.25) is 5.10 Å². The molecule has 1 aromatic carbocycles. The molecule has 3 aromatic heterocycles. The van der Waals surface area contributed by atoms with Crippen molar-refractivity contribution >= 4 is 0 Å². The predicted octanol–water partition coefficient (Wildman–Crippen LogP) is 3.27. The molecule has 0 saturated heterocycles. The molecule has 10 heteroatoms. The summed E-state index contributed by atoms with van der Waals surface area (Å²) in [6, 6.07) is 11.1. The van der Waals surface area contributed by atoms with Crippen molar-refractivity contribution in [2.75, 3.05) is 0 Å². The van der Waals surface area contributed by atoms with Crippen LogP contribution in [0.4, 0.5) is 8.78 Å². The summed E-state index contributed by atoms with van der Waals surface area (Å²) >= 11 is 0. The van der Waals surface area contributed by atoms with Gasteiger partial charge in [-0.25, -0.2) is 13.5 Å². The second-order valence-corrected chi connectivity index (χ2v) is 5.94.